The van der Waals surface area contributed by atoms with Gasteiger partial charge in [0.2, 0.25) is 5.91 Å². The number of hydrogen-bond acceptors (Lipinski definition) is 2. The van der Waals surface area contributed by atoms with E-state index < -0.39 is 5.54 Å². The van der Waals surface area contributed by atoms with Crippen LogP contribution >= 0.6 is 0 Å². The minimum absolute atomic E-state index is 0.123. The van der Waals surface area contributed by atoms with Crippen LogP contribution in [-0.2, 0) is 10.3 Å². The molecule has 3 rings (SSSR count). The zero-order chi connectivity index (χ0) is 18.4. The van der Waals surface area contributed by atoms with Crippen LogP contribution in [0.4, 0.5) is 0 Å². The van der Waals surface area contributed by atoms with Gasteiger partial charge in [-0.15, -0.1) is 0 Å². The number of benzene rings is 2. The SMILES string of the molecule is CC(CC(=O)NC(C)(c1ccccc1)c1ccccc1)C1CCCNC1. The summed E-state index contributed by atoms with van der Waals surface area (Å²) in [5.41, 5.74) is 1.68. The van der Waals surface area contributed by atoms with Crippen molar-refractivity contribution < 1.29 is 4.79 Å². The minimum atomic E-state index is -0.524. The molecule has 26 heavy (non-hydrogen) atoms. The Morgan fingerprint density at radius 1 is 1.12 bits per heavy atom. The lowest BCUT2D eigenvalue weighted by atomic mass is 9.82. The highest BCUT2D eigenvalue weighted by atomic mass is 16.1. The number of hydrogen-bond donors (Lipinski definition) is 2. The van der Waals surface area contributed by atoms with E-state index >= 15 is 0 Å². The van der Waals surface area contributed by atoms with Gasteiger partial charge in [-0.05, 0) is 55.8 Å². The van der Waals surface area contributed by atoms with Crippen LogP contribution in [0.2, 0.25) is 0 Å². The van der Waals surface area contributed by atoms with Crippen LogP contribution in [0.3, 0.4) is 0 Å². The second-order valence-corrected chi connectivity index (χ2v) is 7.69. The van der Waals surface area contributed by atoms with E-state index in [2.05, 4.69) is 48.7 Å². The van der Waals surface area contributed by atoms with E-state index in [1.165, 1.54) is 12.8 Å². The molecular formula is C23H30N2O. The quantitative estimate of drug-likeness (QED) is 0.824. The van der Waals surface area contributed by atoms with Gasteiger partial charge in [0.05, 0.1) is 5.54 Å². The van der Waals surface area contributed by atoms with Gasteiger partial charge >= 0.3 is 0 Å². The molecule has 2 atom stereocenters. The Morgan fingerprint density at radius 2 is 1.69 bits per heavy atom. The molecule has 0 bridgehead atoms. The van der Waals surface area contributed by atoms with Gasteiger partial charge in [0.15, 0.2) is 0 Å². The highest BCUT2D eigenvalue weighted by Crippen LogP contribution is 2.30. The van der Waals surface area contributed by atoms with E-state index in [0.29, 0.717) is 18.3 Å². The van der Waals surface area contributed by atoms with Crippen molar-refractivity contribution in [3.05, 3.63) is 71.8 Å². The first-order valence-corrected chi connectivity index (χ1v) is 9.72. The van der Waals surface area contributed by atoms with Crippen molar-refractivity contribution in [2.45, 2.75) is 38.6 Å². The molecule has 1 heterocycles. The van der Waals surface area contributed by atoms with Gasteiger partial charge in [-0.2, -0.15) is 0 Å². The monoisotopic (exact) mass is 350 g/mol. The molecule has 0 aromatic heterocycles. The zero-order valence-electron chi connectivity index (χ0n) is 15.9. The average Bonchev–Trinajstić information content (AvgIpc) is 2.70. The molecule has 0 spiro atoms. The van der Waals surface area contributed by atoms with Crippen LogP contribution in [0.1, 0.15) is 44.2 Å². The van der Waals surface area contributed by atoms with Gasteiger partial charge in [0.25, 0.3) is 0 Å². The first kappa shape index (κ1) is 18.7. The molecule has 1 aliphatic heterocycles. The number of carbonyl (C=O) groups is 1. The molecule has 0 saturated carbocycles. The average molecular weight is 351 g/mol. The van der Waals surface area contributed by atoms with E-state index in [1.807, 2.05) is 36.4 Å². The number of amides is 1. The molecule has 138 valence electrons. The second-order valence-electron chi connectivity index (χ2n) is 7.69. The van der Waals surface area contributed by atoms with E-state index in [4.69, 9.17) is 0 Å². The largest absolute Gasteiger partial charge is 0.343 e. The predicted molar refractivity (Wildman–Crippen MR) is 107 cm³/mol. The van der Waals surface area contributed by atoms with Gasteiger partial charge < -0.3 is 10.6 Å². The molecule has 3 heteroatoms. The van der Waals surface area contributed by atoms with Crippen LogP contribution in [0.15, 0.2) is 60.7 Å². The molecule has 2 unspecified atom stereocenters. The summed E-state index contributed by atoms with van der Waals surface area (Å²) < 4.78 is 0. The zero-order valence-corrected chi connectivity index (χ0v) is 15.9. The van der Waals surface area contributed by atoms with E-state index in [9.17, 15) is 4.79 Å². The molecule has 2 aromatic rings. The highest BCUT2D eigenvalue weighted by molar-refractivity contribution is 5.78. The van der Waals surface area contributed by atoms with Crippen molar-refractivity contribution in [3.63, 3.8) is 0 Å². The maximum atomic E-state index is 12.9. The van der Waals surface area contributed by atoms with Gasteiger partial charge in [-0.3, -0.25) is 4.79 Å². The van der Waals surface area contributed by atoms with E-state index in [-0.39, 0.29) is 5.91 Å². The van der Waals surface area contributed by atoms with Gasteiger partial charge in [0, 0.05) is 6.42 Å². The summed E-state index contributed by atoms with van der Waals surface area (Å²) in [6.45, 7) is 6.45. The van der Waals surface area contributed by atoms with E-state index in [1.54, 1.807) is 0 Å². The second kappa shape index (κ2) is 8.50. The Labute approximate surface area is 157 Å². The summed E-state index contributed by atoms with van der Waals surface area (Å²) in [6, 6.07) is 20.5. The first-order chi connectivity index (χ1) is 12.6. The smallest absolute Gasteiger partial charge is 0.221 e. The van der Waals surface area contributed by atoms with Crippen LogP contribution < -0.4 is 10.6 Å². The summed E-state index contributed by atoms with van der Waals surface area (Å²) in [6.07, 6.45) is 3.00. The Kier molecular flexibility index (Phi) is 6.10. The van der Waals surface area contributed by atoms with Crippen molar-refractivity contribution in [1.82, 2.24) is 10.6 Å². The van der Waals surface area contributed by atoms with Gasteiger partial charge in [-0.1, -0.05) is 67.6 Å². The molecule has 1 saturated heterocycles. The summed E-state index contributed by atoms with van der Waals surface area (Å²) in [4.78, 5) is 12.9. The molecular weight excluding hydrogens is 320 g/mol. The van der Waals surface area contributed by atoms with Crippen molar-refractivity contribution >= 4 is 5.91 Å². The fourth-order valence-corrected chi connectivity index (χ4v) is 4.01. The van der Waals surface area contributed by atoms with Crippen LogP contribution in [0, 0.1) is 11.8 Å². The number of piperidine rings is 1. The maximum absolute atomic E-state index is 12.9. The molecule has 1 fully saturated rings. The van der Waals surface area contributed by atoms with Crippen LogP contribution in [0.25, 0.3) is 0 Å². The Morgan fingerprint density at radius 3 is 2.19 bits per heavy atom. The molecule has 0 radical (unpaired) electrons. The van der Waals surface area contributed by atoms with Crippen molar-refractivity contribution in [3.8, 4) is 0 Å². The standard InChI is InChI=1S/C23H30N2O/c1-18(19-10-9-15-24-17-19)16-22(26)25-23(2,20-11-5-3-6-12-20)21-13-7-4-8-14-21/h3-8,11-14,18-19,24H,9-10,15-17H2,1-2H3,(H,25,26). The minimum Gasteiger partial charge on any atom is -0.343 e. The summed E-state index contributed by atoms with van der Waals surface area (Å²) >= 11 is 0. The topological polar surface area (TPSA) is 41.1 Å². The molecule has 3 nitrogen and oxygen atoms in total. The van der Waals surface area contributed by atoms with Crippen LogP contribution in [-0.4, -0.2) is 19.0 Å². The summed E-state index contributed by atoms with van der Waals surface area (Å²) in [5.74, 6) is 1.10. The Bertz CT molecular complexity index is 653. The third kappa shape index (κ3) is 4.34. The van der Waals surface area contributed by atoms with Crippen molar-refractivity contribution in [1.29, 1.82) is 0 Å². The molecule has 1 amide bonds. The number of nitrogens with one attached hydrogen (secondary N) is 2. The van der Waals surface area contributed by atoms with Crippen molar-refractivity contribution in [2.75, 3.05) is 13.1 Å². The Balaban J connectivity index is 1.76. The summed E-state index contributed by atoms with van der Waals surface area (Å²) in [7, 11) is 0. The highest BCUT2D eigenvalue weighted by Gasteiger charge is 2.31. The Hall–Kier alpha value is -2.13. The normalized spacial score (nSPS) is 18.9. The lowest BCUT2D eigenvalue weighted by molar-refractivity contribution is -0.123. The number of rotatable bonds is 6. The van der Waals surface area contributed by atoms with Gasteiger partial charge in [0.1, 0.15) is 0 Å². The summed E-state index contributed by atoms with van der Waals surface area (Å²) in [5, 5.41) is 6.79. The molecule has 0 aliphatic carbocycles. The lowest BCUT2D eigenvalue weighted by Crippen LogP contribution is -2.45. The predicted octanol–water partition coefficient (Wildman–Crippen LogP) is 4.09. The molecule has 1 aliphatic rings. The van der Waals surface area contributed by atoms with Crippen molar-refractivity contribution in [2.24, 2.45) is 11.8 Å². The lowest BCUT2D eigenvalue weighted by Gasteiger charge is -2.34. The maximum Gasteiger partial charge on any atom is 0.221 e. The number of carbonyl (C=O) groups excluding carboxylic acids is 1. The van der Waals surface area contributed by atoms with Crippen LogP contribution in [0.5, 0.6) is 0 Å². The fraction of sp³-hybridized carbons (Fsp3) is 0.435. The first-order valence-electron chi connectivity index (χ1n) is 9.72. The molecule has 2 aromatic carbocycles. The third-order valence-electron chi connectivity index (χ3n) is 5.74. The fourth-order valence-electron chi connectivity index (χ4n) is 4.01. The molecule has 2 N–H and O–H groups in total. The van der Waals surface area contributed by atoms with Gasteiger partial charge in [-0.25, -0.2) is 0 Å². The third-order valence-corrected chi connectivity index (χ3v) is 5.74. The van der Waals surface area contributed by atoms with E-state index in [0.717, 1.165) is 24.2 Å².